The molecule has 0 fully saturated rings. The zero-order chi connectivity index (χ0) is 23.1. The lowest BCUT2D eigenvalue weighted by molar-refractivity contribution is -0.116. The molecule has 1 aliphatic heterocycles. The summed E-state index contributed by atoms with van der Waals surface area (Å²) in [7, 11) is 0. The van der Waals surface area contributed by atoms with E-state index in [1.165, 1.54) is 11.1 Å². The van der Waals surface area contributed by atoms with Crippen LogP contribution in [-0.4, -0.2) is 21.5 Å². The highest BCUT2D eigenvalue weighted by Crippen LogP contribution is 2.41. The quantitative estimate of drug-likeness (QED) is 0.574. The van der Waals surface area contributed by atoms with Gasteiger partial charge in [0.1, 0.15) is 17.4 Å². The number of fused-ring (bicyclic) bond motifs is 1. The van der Waals surface area contributed by atoms with Crippen molar-refractivity contribution < 1.29 is 9.59 Å². The van der Waals surface area contributed by atoms with Crippen LogP contribution < -0.4 is 10.6 Å². The Balaban J connectivity index is 1.55. The molecule has 5 rings (SSSR count). The number of allylic oxidation sites excluding steroid dienone is 2. The zero-order valence-corrected chi connectivity index (χ0v) is 19.2. The van der Waals surface area contributed by atoms with Gasteiger partial charge >= 0.3 is 0 Å². The number of amides is 1. The third-order valence-electron chi connectivity index (χ3n) is 6.75. The third kappa shape index (κ3) is 3.75. The molecular formula is C27H28N4O2. The predicted molar refractivity (Wildman–Crippen MR) is 130 cm³/mol. The van der Waals surface area contributed by atoms with Crippen LogP contribution in [0.1, 0.15) is 64.8 Å². The van der Waals surface area contributed by atoms with E-state index in [1.54, 1.807) is 10.9 Å². The van der Waals surface area contributed by atoms with Gasteiger partial charge in [0, 0.05) is 23.4 Å². The molecule has 0 radical (unpaired) electrons. The van der Waals surface area contributed by atoms with Gasteiger partial charge in [0.15, 0.2) is 5.78 Å². The summed E-state index contributed by atoms with van der Waals surface area (Å²) in [5.74, 6) is 0.559. The molecule has 6 heteroatoms. The minimum Gasteiger partial charge on any atom is -0.343 e. The van der Waals surface area contributed by atoms with E-state index in [1.807, 2.05) is 32.0 Å². The number of carbonyl (C=O) groups excluding carboxylic acids is 2. The number of aryl methyl sites for hydroxylation is 3. The molecular weight excluding hydrogens is 412 g/mol. The number of nitrogens with one attached hydrogen (secondary N) is 2. The van der Waals surface area contributed by atoms with Crippen molar-refractivity contribution in [3.63, 3.8) is 0 Å². The first-order valence-electron chi connectivity index (χ1n) is 11.5. The normalized spacial score (nSPS) is 17.3. The lowest BCUT2D eigenvalue weighted by Crippen LogP contribution is -2.32. The van der Waals surface area contributed by atoms with Crippen LogP contribution in [0.4, 0.5) is 11.5 Å². The second-order valence-corrected chi connectivity index (χ2v) is 8.90. The topological polar surface area (TPSA) is 76.0 Å². The number of Topliss-reactive ketones (excluding diaryl/α,β-unsaturated/α-hetero) is 1. The van der Waals surface area contributed by atoms with E-state index >= 15 is 0 Å². The van der Waals surface area contributed by atoms with E-state index in [0.717, 1.165) is 47.3 Å². The lowest BCUT2D eigenvalue weighted by atomic mass is 9.85. The Hall–Kier alpha value is -3.67. The second kappa shape index (κ2) is 8.35. The van der Waals surface area contributed by atoms with E-state index in [9.17, 15) is 9.59 Å². The monoisotopic (exact) mass is 440 g/mol. The maximum Gasteiger partial charge on any atom is 0.261 e. The molecule has 2 aromatic carbocycles. The predicted octanol–water partition coefficient (Wildman–Crippen LogP) is 5.34. The number of hydrogen-bond donors (Lipinski definition) is 2. The fourth-order valence-electron chi connectivity index (χ4n) is 4.69. The first kappa shape index (κ1) is 21.2. The van der Waals surface area contributed by atoms with Gasteiger partial charge in [0.25, 0.3) is 5.91 Å². The summed E-state index contributed by atoms with van der Waals surface area (Å²) in [6.07, 6.45) is 4.68. The standard InChI is InChI=1S/C27H28N4O2/c1-4-18-9-11-19(12-10-18)25-24-22(6-5-7-23(24)32)30-26-21(15-28-31(25)26)27(33)29-20-13-8-16(2)17(3)14-20/h8-15,25,30H,4-7H2,1-3H3,(H,29,33)/t25-/m1/s1. The van der Waals surface area contributed by atoms with Crippen molar-refractivity contribution in [2.45, 2.75) is 52.5 Å². The number of anilines is 2. The Morgan fingerprint density at radius 3 is 2.64 bits per heavy atom. The van der Waals surface area contributed by atoms with Gasteiger partial charge in [-0.1, -0.05) is 37.3 Å². The molecule has 33 heavy (non-hydrogen) atoms. The summed E-state index contributed by atoms with van der Waals surface area (Å²) < 4.78 is 1.79. The van der Waals surface area contributed by atoms with Crippen molar-refractivity contribution in [2.24, 2.45) is 0 Å². The highest BCUT2D eigenvalue weighted by atomic mass is 16.1. The average molecular weight is 441 g/mol. The van der Waals surface area contributed by atoms with Crippen molar-refractivity contribution in [1.29, 1.82) is 0 Å². The Morgan fingerprint density at radius 2 is 1.91 bits per heavy atom. The number of benzene rings is 2. The Morgan fingerprint density at radius 1 is 1.12 bits per heavy atom. The first-order chi connectivity index (χ1) is 16.0. The summed E-state index contributed by atoms with van der Waals surface area (Å²) >= 11 is 0. The molecule has 1 atom stereocenters. The number of aromatic nitrogens is 2. The molecule has 6 nitrogen and oxygen atoms in total. The van der Waals surface area contributed by atoms with Gasteiger partial charge in [-0.3, -0.25) is 9.59 Å². The van der Waals surface area contributed by atoms with E-state index in [4.69, 9.17) is 0 Å². The number of carbonyl (C=O) groups is 2. The molecule has 2 N–H and O–H groups in total. The van der Waals surface area contributed by atoms with Crippen LogP contribution in [0, 0.1) is 13.8 Å². The largest absolute Gasteiger partial charge is 0.343 e. The van der Waals surface area contributed by atoms with Gasteiger partial charge in [-0.15, -0.1) is 0 Å². The average Bonchev–Trinajstić information content (AvgIpc) is 3.24. The van der Waals surface area contributed by atoms with Crippen LogP contribution in [0.15, 0.2) is 59.9 Å². The van der Waals surface area contributed by atoms with Crippen LogP contribution in [0.3, 0.4) is 0 Å². The minimum absolute atomic E-state index is 0.149. The molecule has 0 saturated heterocycles. The zero-order valence-electron chi connectivity index (χ0n) is 19.2. The van der Waals surface area contributed by atoms with Crippen molar-refractivity contribution >= 4 is 23.2 Å². The van der Waals surface area contributed by atoms with Gasteiger partial charge in [-0.25, -0.2) is 4.68 Å². The summed E-state index contributed by atoms with van der Waals surface area (Å²) in [5, 5.41) is 11.0. The van der Waals surface area contributed by atoms with E-state index < -0.39 is 0 Å². The Kier molecular flexibility index (Phi) is 5.36. The van der Waals surface area contributed by atoms with Gasteiger partial charge in [0.2, 0.25) is 0 Å². The van der Waals surface area contributed by atoms with E-state index in [-0.39, 0.29) is 17.7 Å². The summed E-state index contributed by atoms with van der Waals surface area (Å²) in [4.78, 5) is 26.2. The highest BCUT2D eigenvalue weighted by Gasteiger charge is 2.37. The third-order valence-corrected chi connectivity index (χ3v) is 6.75. The van der Waals surface area contributed by atoms with Crippen LogP contribution in [0.25, 0.3) is 0 Å². The number of hydrogen-bond acceptors (Lipinski definition) is 4. The van der Waals surface area contributed by atoms with Gasteiger partial charge in [0.05, 0.1) is 6.20 Å². The molecule has 1 aliphatic carbocycles. The highest BCUT2D eigenvalue weighted by molar-refractivity contribution is 6.08. The molecule has 168 valence electrons. The van der Waals surface area contributed by atoms with Crippen LogP contribution in [0.2, 0.25) is 0 Å². The number of ketones is 1. The van der Waals surface area contributed by atoms with Crippen LogP contribution in [-0.2, 0) is 11.2 Å². The SMILES string of the molecule is CCc1ccc([C@@H]2C3=C(CCCC3=O)Nc3c(C(=O)Nc4ccc(C)c(C)c4)cnn32)cc1. The molecule has 0 saturated carbocycles. The smallest absolute Gasteiger partial charge is 0.261 e. The number of nitrogens with zero attached hydrogens (tertiary/aromatic N) is 2. The van der Waals surface area contributed by atoms with Gasteiger partial charge < -0.3 is 10.6 Å². The molecule has 1 amide bonds. The summed E-state index contributed by atoms with van der Waals surface area (Å²) in [6.45, 7) is 6.19. The Labute approximate surface area is 193 Å². The minimum atomic E-state index is -0.335. The fourth-order valence-corrected chi connectivity index (χ4v) is 4.69. The summed E-state index contributed by atoms with van der Waals surface area (Å²) in [5.41, 5.74) is 7.43. The van der Waals surface area contributed by atoms with Crippen molar-refractivity contribution in [3.8, 4) is 0 Å². The molecule has 0 bridgehead atoms. The van der Waals surface area contributed by atoms with Crippen molar-refractivity contribution in [2.75, 3.05) is 10.6 Å². The molecule has 0 unspecified atom stereocenters. The molecule has 1 aromatic heterocycles. The van der Waals surface area contributed by atoms with E-state index in [2.05, 4.69) is 46.9 Å². The molecule has 3 aromatic rings. The first-order valence-corrected chi connectivity index (χ1v) is 11.5. The second-order valence-electron chi connectivity index (χ2n) is 8.90. The maximum absolute atomic E-state index is 13.2. The van der Waals surface area contributed by atoms with Crippen molar-refractivity contribution in [3.05, 3.63) is 87.7 Å². The molecule has 2 heterocycles. The van der Waals surface area contributed by atoms with Gasteiger partial charge in [-0.05, 0) is 67.5 Å². The van der Waals surface area contributed by atoms with E-state index in [0.29, 0.717) is 17.8 Å². The molecule has 2 aliphatic rings. The van der Waals surface area contributed by atoms with Crippen LogP contribution >= 0.6 is 0 Å². The van der Waals surface area contributed by atoms with Gasteiger partial charge in [-0.2, -0.15) is 5.10 Å². The number of rotatable bonds is 4. The van der Waals surface area contributed by atoms with Crippen LogP contribution in [0.5, 0.6) is 0 Å². The van der Waals surface area contributed by atoms with Crippen molar-refractivity contribution in [1.82, 2.24) is 9.78 Å². The Bertz CT molecular complexity index is 1280. The maximum atomic E-state index is 13.2. The molecule has 0 spiro atoms. The summed E-state index contributed by atoms with van der Waals surface area (Å²) in [6, 6.07) is 13.9. The lowest BCUT2D eigenvalue weighted by Gasteiger charge is -2.33. The fraction of sp³-hybridized carbons (Fsp3) is 0.296.